The lowest BCUT2D eigenvalue weighted by atomic mass is 9.72. The molecule has 122 valence electrons. The molecule has 0 N–H and O–H groups in total. The van der Waals surface area contributed by atoms with Crippen LogP contribution in [0.15, 0.2) is 53.4 Å². The van der Waals surface area contributed by atoms with E-state index in [4.69, 9.17) is 4.42 Å². The summed E-state index contributed by atoms with van der Waals surface area (Å²) in [6.07, 6.45) is 9.14. The molecule has 2 bridgehead atoms. The second-order valence-electron chi connectivity index (χ2n) is 7.63. The van der Waals surface area contributed by atoms with Crippen molar-refractivity contribution in [3.8, 4) is 11.3 Å². The highest BCUT2D eigenvalue weighted by molar-refractivity contribution is 5.95. The van der Waals surface area contributed by atoms with E-state index in [2.05, 4.69) is 29.0 Å². The molecule has 3 aliphatic rings. The molecule has 0 unspecified atom stereocenters. The minimum atomic E-state index is 0.147. The van der Waals surface area contributed by atoms with Gasteiger partial charge < -0.3 is 9.32 Å². The van der Waals surface area contributed by atoms with Gasteiger partial charge in [0.25, 0.3) is 5.91 Å². The molecule has 2 aromatic rings. The zero-order valence-electron chi connectivity index (χ0n) is 13.7. The number of benzene rings is 1. The second kappa shape index (κ2) is 4.82. The van der Waals surface area contributed by atoms with Gasteiger partial charge in [-0.15, -0.1) is 0 Å². The minimum absolute atomic E-state index is 0.147. The van der Waals surface area contributed by atoms with E-state index < -0.39 is 0 Å². The molecule has 5 rings (SSSR count). The molecule has 1 aromatic carbocycles. The summed E-state index contributed by atoms with van der Waals surface area (Å²) in [6, 6.07) is 7.64. The molecule has 1 aliphatic heterocycles. The van der Waals surface area contributed by atoms with Crippen LogP contribution in [0.25, 0.3) is 11.3 Å². The first-order chi connectivity index (χ1) is 11.6. The first-order valence-corrected chi connectivity index (χ1v) is 8.62. The van der Waals surface area contributed by atoms with Crippen LogP contribution in [0.2, 0.25) is 0 Å². The number of aromatic nitrogens is 1. The molecule has 2 heterocycles. The van der Waals surface area contributed by atoms with Gasteiger partial charge in [-0.05, 0) is 41.7 Å². The Morgan fingerprint density at radius 3 is 2.83 bits per heavy atom. The summed E-state index contributed by atoms with van der Waals surface area (Å²) in [5, 5.41) is 0. The Kier molecular flexibility index (Phi) is 2.82. The Morgan fingerprint density at radius 1 is 1.29 bits per heavy atom. The summed E-state index contributed by atoms with van der Waals surface area (Å²) in [5.74, 6) is 2.82. The maximum Gasteiger partial charge on any atom is 0.253 e. The third kappa shape index (κ3) is 1.86. The highest BCUT2D eigenvalue weighted by Crippen LogP contribution is 2.59. The van der Waals surface area contributed by atoms with Gasteiger partial charge in [-0.2, -0.15) is 0 Å². The quantitative estimate of drug-likeness (QED) is 0.794. The van der Waals surface area contributed by atoms with E-state index in [0.717, 1.165) is 30.0 Å². The number of rotatable bonds is 2. The van der Waals surface area contributed by atoms with Crippen LogP contribution in [0.3, 0.4) is 0 Å². The van der Waals surface area contributed by atoms with Crippen LogP contribution in [-0.4, -0.2) is 28.9 Å². The molecule has 1 saturated heterocycles. The van der Waals surface area contributed by atoms with Crippen LogP contribution >= 0.6 is 0 Å². The molecular weight excluding hydrogens is 300 g/mol. The summed E-state index contributed by atoms with van der Waals surface area (Å²) >= 11 is 0. The Hall–Kier alpha value is -2.36. The molecule has 2 fully saturated rings. The number of hydrogen-bond donors (Lipinski definition) is 0. The molecule has 0 radical (unpaired) electrons. The topological polar surface area (TPSA) is 46.3 Å². The highest BCUT2D eigenvalue weighted by Gasteiger charge is 2.58. The van der Waals surface area contributed by atoms with Gasteiger partial charge in [0.2, 0.25) is 0 Å². The zero-order chi connectivity index (χ0) is 16.3. The van der Waals surface area contributed by atoms with Crippen molar-refractivity contribution in [2.24, 2.45) is 23.2 Å². The SMILES string of the molecule is C[C@@]12CN(C(=O)c3ccc(-c4cnco4)cc3)C[C@@H]1[C@@H]1C=C[C@H]2C1. The number of allylic oxidation sites excluding steroid dienone is 2. The van der Waals surface area contributed by atoms with Crippen molar-refractivity contribution in [2.45, 2.75) is 13.3 Å². The van der Waals surface area contributed by atoms with Gasteiger partial charge in [0.1, 0.15) is 0 Å². The van der Waals surface area contributed by atoms with Gasteiger partial charge in [-0.1, -0.05) is 31.2 Å². The lowest BCUT2D eigenvalue weighted by molar-refractivity contribution is 0.0765. The van der Waals surface area contributed by atoms with Gasteiger partial charge >= 0.3 is 0 Å². The van der Waals surface area contributed by atoms with Gasteiger partial charge in [0.15, 0.2) is 12.2 Å². The fourth-order valence-electron chi connectivity index (χ4n) is 5.04. The lowest BCUT2D eigenvalue weighted by Gasteiger charge is -2.31. The number of hydrogen-bond acceptors (Lipinski definition) is 3. The van der Waals surface area contributed by atoms with Crippen molar-refractivity contribution in [3.63, 3.8) is 0 Å². The summed E-state index contributed by atoms with van der Waals surface area (Å²) in [4.78, 5) is 18.9. The third-order valence-electron chi connectivity index (χ3n) is 6.41. The first kappa shape index (κ1) is 14.0. The largest absolute Gasteiger partial charge is 0.444 e. The van der Waals surface area contributed by atoms with Crippen molar-refractivity contribution in [1.29, 1.82) is 0 Å². The van der Waals surface area contributed by atoms with Crippen molar-refractivity contribution in [3.05, 3.63) is 54.6 Å². The Bertz CT molecular complexity index is 809. The van der Waals surface area contributed by atoms with Gasteiger partial charge in [0, 0.05) is 24.2 Å². The van der Waals surface area contributed by atoms with Crippen LogP contribution in [0.5, 0.6) is 0 Å². The number of amides is 1. The zero-order valence-corrected chi connectivity index (χ0v) is 13.7. The highest BCUT2D eigenvalue weighted by atomic mass is 16.3. The van der Waals surface area contributed by atoms with Gasteiger partial charge in [-0.25, -0.2) is 4.98 Å². The maximum absolute atomic E-state index is 12.9. The number of carbonyl (C=O) groups excluding carboxylic acids is 1. The van der Waals surface area contributed by atoms with E-state index in [9.17, 15) is 4.79 Å². The monoisotopic (exact) mass is 320 g/mol. The molecule has 24 heavy (non-hydrogen) atoms. The van der Waals surface area contributed by atoms with E-state index in [1.807, 2.05) is 24.3 Å². The van der Waals surface area contributed by atoms with Crippen molar-refractivity contribution < 1.29 is 9.21 Å². The van der Waals surface area contributed by atoms with Gasteiger partial charge in [-0.3, -0.25) is 4.79 Å². The predicted octanol–water partition coefficient (Wildman–Crippen LogP) is 3.63. The number of oxazole rings is 1. The lowest BCUT2D eigenvalue weighted by Crippen LogP contribution is -2.33. The van der Waals surface area contributed by atoms with Crippen LogP contribution in [0.4, 0.5) is 0 Å². The number of fused-ring (bicyclic) bond motifs is 5. The molecule has 2 aliphatic carbocycles. The summed E-state index contributed by atoms with van der Waals surface area (Å²) < 4.78 is 5.30. The Balaban J connectivity index is 1.36. The Morgan fingerprint density at radius 2 is 2.12 bits per heavy atom. The van der Waals surface area contributed by atoms with E-state index in [1.165, 1.54) is 12.8 Å². The van der Waals surface area contributed by atoms with Gasteiger partial charge in [0.05, 0.1) is 6.20 Å². The summed E-state index contributed by atoms with van der Waals surface area (Å²) in [7, 11) is 0. The first-order valence-electron chi connectivity index (χ1n) is 8.62. The number of nitrogens with zero attached hydrogens (tertiary/aromatic N) is 2. The van der Waals surface area contributed by atoms with E-state index in [-0.39, 0.29) is 11.3 Å². The van der Waals surface area contributed by atoms with Crippen LogP contribution in [0.1, 0.15) is 23.7 Å². The van der Waals surface area contributed by atoms with E-state index in [1.54, 1.807) is 6.20 Å². The standard InChI is InChI=1S/C20H20N2O2/c1-20-11-22(10-17(20)15-6-7-16(20)8-15)19(23)14-4-2-13(3-5-14)18-9-21-12-24-18/h2-7,9,12,15-17H,8,10-11H2,1H3/t15-,16+,17-,20+/m1/s1. The van der Waals surface area contributed by atoms with Crippen LogP contribution < -0.4 is 0 Å². The smallest absolute Gasteiger partial charge is 0.253 e. The molecule has 1 amide bonds. The minimum Gasteiger partial charge on any atom is -0.444 e. The third-order valence-corrected chi connectivity index (χ3v) is 6.41. The fourth-order valence-corrected chi connectivity index (χ4v) is 5.04. The average Bonchev–Trinajstić information content (AvgIpc) is 3.35. The van der Waals surface area contributed by atoms with Crippen LogP contribution in [0, 0.1) is 23.2 Å². The maximum atomic E-state index is 12.9. The van der Waals surface area contributed by atoms with E-state index >= 15 is 0 Å². The molecule has 4 nitrogen and oxygen atoms in total. The fraction of sp³-hybridized carbons (Fsp3) is 0.400. The molecule has 1 aromatic heterocycles. The van der Waals surface area contributed by atoms with Crippen molar-refractivity contribution >= 4 is 5.91 Å². The van der Waals surface area contributed by atoms with E-state index in [0.29, 0.717) is 17.8 Å². The summed E-state index contributed by atoms with van der Waals surface area (Å²) in [5.41, 5.74) is 1.97. The average molecular weight is 320 g/mol. The van der Waals surface area contributed by atoms with Crippen molar-refractivity contribution in [2.75, 3.05) is 13.1 Å². The second-order valence-corrected chi connectivity index (χ2v) is 7.63. The predicted molar refractivity (Wildman–Crippen MR) is 90.2 cm³/mol. The molecular formula is C20H20N2O2. The Labute approximate surface area is 141 Å². The van der Waals surface area contributed by atoms with Crippen molar-refractivity contribution in [1.82, 2.24) is 9.88 Å². The molecule has 4 heteroatoms. The molecule has 0 spiro atoms. The van der Waals surface area contributed by atoms with Crippen LogP contribution in [-0.2, 0) is 0 Å². The summed E-state index contributed by atoms with van der Waals surface area (Å²) in [6.45, 7) is 4.14. The number of likely N-dealkylation sites (tertiary alicyclic amines) is 1. The molecule has 4 atom stereocenters. The molecule has 1 saturated carbocycles. The normalized spacial score (nSPS) is 33.2. The number of carbonyl (C=O) groups is 1.